The second-order valence-corrected chi connectivity index (χ2v) is 3.05. The molecule has 0 bridgehead atoms. The molecular weight excluding hydrogens is 192 g/mol. The first kappa shape index (κ1) is 13.6. The average molecular weight is 210 g/mol. The molecule has 4 heteroatoms. The second kappa shape index (κ2) is 7.96. The molecule has 1 amide bonds. The zero-order valence-corrected chi connectivity index (χ0v) is 9.36. The normalized spacial score (nSPS) is 10.9. The van der Waals surface area contributed by atoms with Crippen molar-refractivity contribution >= 4 is 11.6 Å². The summed E-state index contributed by atoms with van der Waals surface area (Å²) in [6, 6.07) is 8.78. The number of rotatable bonds is 2. The van der Waals surface area contributed by atoms with Crippen LogP contribution in [-0.4, -0.2) is 26.2 Å². The molecule has 84 valence electrons. The van der Waals surface area contributed by atoms with Crippen molar-refractivity contribution in [3.63, 3.8) is 0 Å². The molecule has 1 aromatic rings. The molecule has 3 N–H and O–H groups in total. The third-order valence-corrected chi connectivity index (χ3v) is 1.45. The molecule has 4 nitrogen and oxygen atoms in total. The fourth-order valence-corrected chi connectivity index (χ4v) is 0.778. The molecule has 1 aromatic carbocycles. The number of benzene rings is 1. The Labute approximate surface area is 90.4 Å². The number of hydrogen-bond acceptors (Lipinski definition) is 3. The molecule has 0 spiro atoms. The van der Waals surface area contributed by atoms with Crippen molar-refractivity contribution in [2.45, 2.75) is 13.0 Å². The van der Waals surface area contributed by atoms with Crippen molar-refractivity contribution in [1.82, 2.24) is 0 Å². The Hall–Kier alpha value is -1.39. The average Bonchev–Trinajstić information content (AvgIpc) is 2.20. The Kier molecular flexibility index (Phi) is 7.23. The monoisotopic (exact) mass is 210 g/mol. The van der Waals surface area contributed by atoms with Crippen molar-refractivity contribution in [3.8, 4) is 0 Å². The van der Waals surface area contributed by atoms with E-state index in [0.29, 0.717) is 0 Å². The number of hydrogen-bond donors (Lipinski definition) is 2. The van der Waals surface area contributed by atoms with E-state index in [-0.39, 0.29) is 5.91 Å². The molecule has 1 unspecified atom stereocenters. The summed E-state index contributed by atoms with van der Waals surface area (Å²) < 4.78 is 4.25. The van der Waals surface area contributed by atoms with E-state index in [9.17, 15) is 4.79 Å². The van der Waals surface area contributed by atoms with E-state index in [1.807, 2.05) is 30.3 Å². The van der Waals surface area contributed by atoms with Crippen molar-refractivity contribution in [1.29, 1.82) is 0 Å². The van der Waals surface area contributed by atoms with E-state index in [0.717, 1.165) is 5.69 Å². The van der Waals surface area contributed by atoms with E-state index in [1.54, 1.807) is 21.1 Å². The number of para-hydroxylation sites is 1. The summed E-state index contributed by atoms with van der Waals surface area (Å²) in [5.74, 6) is -0.166. The molecule has 0 radical (unpaired) electrons. The molecule has 0 heterocycles. The van der Waals surface area contributed by atoms with E-state index < -0.39 is 6.04 Å². The van der Waals surface area contributed by atoms with Crippen LogP contribution in [-0.2, 0) is 9.53 Å². The van der Waals surface area contributed by atoms with Gasteiger partial charge in [0.05, 0.1) is 6.04 Å². The van der Waals surface area contributed by atoms with Gasteiger partial charge < -0.3 is 15.8 Å². The highest BCUT2D eigenvalue weighted by Crippen LogP contribution is 2.04. The summed E-state index contributed by atoms with van der Waals surface area (Å²) in [6.45, 7) is 1.65. The highest BCUT2D eigenvalue weighted by molar-refractivity contribution is 5.94. The Bertz CT molecular complexity index is 273. The molecule has 15 heavy (non-hydrogen) atoms. The Morgan fingerprint density at radius 1 is 1.33 bits per heavy atom. The van der Waals surface area contributed by atoms with Gasteiger partial charge in [0.1, 0.15) is 0 Å². The van der Waals surface area contributed by atoms with E-state index in [1.165, 1.54) is 0 Å². The molecule has 0 aliphatic heterocycles. The summed E-state index contributed by atoms with van der Waals surface area (Å²) in [5, 5.41) is 2.68. The molecule has 0 aliphatic carbocycles. The van der Waals surface area contributed by atoms with Crippen LogP contribution in [0.5, 0.6) is 0 Å². The lowest BCUT2D eigenvalue weighted by atomic mass is 10.3. The summed E-state index contributed by atoms with van der Waals surface area (Å²) in [6.07, 6.45) is 0. The van der Waals surface area contributed by atoms with Crippen LogP contribution < -0.4 is 11.1 Å². The Morgan fingerprint density at radius 3 is 2.20 bits per heavy atom. The van der Waals surface area contributed by atoms with Crippen LogP contribution in [0.2, 0.25) is 0 Å². The van der Waals surface area contributed by atoms with Gasteiger partial charge in [-0.3, -0.25) is 4.79 Å². The van der Waals surface area contributed by atoms with Crippen LogP contribution in [0.1, 0.15) is 6.92 Å². The topological polar surface area (TPSA) is 64.4 Å². The SMILES string of the molecule is CC(N)C(=O)Nc1ccccc1.COC. The highest BCUT2D eigenvalue weighted by Gasteiger charge is 2.05. The number of nitrogens with one attached hydrogen (secondary N) is 1. The van der Waals surface area contributed by atoms with Gasteiger partial charge in [-0.2, -0.15) is 0 Å². The van der Waals surface area contributed by atoms with Crippen molar-refractivity contribution in [2.75, 3.05) is 19.5 Å². The summed E-state index contributed by atoms with van der Waals surface area (Å²) in [4.78, 5) is 11.1. The summed E-state index contributed by atoms with van der Waals surface area (Å²) in [5.41, 5.74) is 6.15. The minimum atomic E-state index is -0.467. The van der Waals surface area contributed by atoms with E-state index in [4.69, 9.17) is 5.73 Å². The van der Waals surface area contributed by atoms with Crippen LogP contribution in [0.4, 0.5) is 5.69 Å². The van der Waals surface area contributed by atoms with Crippen molar-refractivity contribution < 1.29 is 9.53 Å². The molecule has 1 rings (SSSR count). The molecule has 1 atom stereocenters. The molecule has 0 saturated carbocycles. The standard InChI is InChI=1S/C9H12N2O.C2H6O/c1-7(10)9(12)11-8-5-3-2-4-6-8;1-3-2/h2-7H,10H2,1H3,(H,11,12);1-2H3. The largest absolute Gasteiger partial charge is 0.388 e. The minimum Gasteiger partial charge on any atom is -0.388 e. The Morgan fingerprint density at radius 2 is 1.80 bits per heavy atom. The van der Waals surface area contributed by atoms with Crippen LogP contribution in [0.3, 0.4) is 0 Å². The van der Waals surface area contributed by atoms with Crippen LogP contribution >= 0.6 is 0 Å². The third-order valence-electron chi connectivity index (χ3n) is 1.45. The molecule has 0 aromatic heterocycles. The molecular formula is C11H18N2O2. The first-order valence-corrected chi connectivity index (χ1v) is 4.63. The van der Waals surface area contributed by atoms with Gasteiger partial charge in [0.15, 0.2) is 0 Å². The summed E-state index contributed by atoms with van der Waals surface area (Å²) >= 11 is 0. The fourth-order valence-electron chi connectivity index (χ4n) is 0.778. The molecule has 0 aliphatic rings. The van der Waals surface area contributed by atoms with Gasteiger partial charge in [-0.05, 0) is 19.1 Å². The van der Waals surface area contributed by atoms with Gasteiger partial charge in [-0.25, -0.2) is 0 Å². The highest BCUT2D eigenvalue weighted by atomic mass is 16.4. The number of carbonyl (C=O) groups excluding carboxylic acids is 1. The predicted octanol–water partition coefficient (Wildman–Crippen LogP) is 1.23. The van der Waals surface area contributed by atoms with Gasteiger partial charge >= 0.3 is 0 Å². The van der Waals surface area contributed by atoms with Crippen LogP contribution in [0.25, 0.3) is 0 Å². The third kappa shape index (κ3) is 6.65. The number of nitrogens with two attached hydrogens (primary N) is 1. The van der Waals surface area contributed by atoms with E-state index >= 15 is 0 Å². The van der Waals surface area contributed by atoms with Gasteiger partial charge in [-0.15, -0.1) is 0 Å². The molecule has 0 fully saturated rings. The van der Waals surface area contributed by atoms with Gasteiger partial charge in [0, 0.05) is 19.9 Å². The van der Waals surface area contributed by atoms with Crippen LogP contribution in [0.15, 0.2) is 30.3 Å². The smallest absolute Gasteiger partial charge is 0.240 e. The minimum absolute atomic E-state index is 0.166. The second-order valence-electron chi connectivity index (χ2n) is 3.05. The first-order valence-electron chi connectivity index (χ1n) is 4.63. The summed E-state index contributed by atoms with van der Waals surface area (Å²) in [7, 11) is 3.25. The maximum absolute atomic E-state index is 11.1. The van der Waals surface area contributed by atoms with Crippen molar-refractivity contribution in [3.05, 3.63) is 30.3 Å². The van der Waals surface area contributed by atoms with Gasteiger partial charge in [0.25, 0.3) is 0 Å². The first-order chi connectivity index (χ1) is 7.11. The fraction of sp³-hybridized carbons (Fsp3) is 0.364. The lowest BCUT2D eigenvalue weighted by molar-refractivity contribution is -0.117. The lowest BCUT2D eigenvalue weighted by Crippen LogP contribution is -2.32. The zero-order valence-electron chi connectivity index (χ0n) is 9.36. The lowest BCUT2D eigenvalue weighted by Gasteiger charge is -2.06. The number of carbonyl (C=O) groups is 1. The van der Waals surface area contributed by atoms with Crippen molar-refractivity contribution in [2.24, 2.45) is 5.73 Å². The van der Waals surface area contributed by atoms with Gasteiger partial charge in [-0.1, -0.05) is 18.2 Å². The number of methoxy groups -OCH3 is 1. The van der Waals surface area contributed by atoms with Gasteiger partial charge in [0.2, 0.25) is 5.91 Å². The number of ether oxygens (including phenoxy) is 1. The quantitative estimate of drug-likeness (QED) is 0.771. The zero-order chi connectivity index (χ0) is 11.7. The maximum Gasteiger partial charge on any atom is 0.240 e. The van der Waals surface area contributed by atoms with Crippen LogP contribution in [0, 0.1) is 0 Å². The predicted molar refractivity (Wildman–Crippen MR) is 61.7 cm³/mol. The number of amides is 1. The Balaban J connectivity index is 0.000000583. The van der Waals surface area contributed by atoms with E-state index in [2.05, 4.69) is 10.1 Å². The molecule has 0 saturated heterocycles. The number of anilines is 1. The maximum atomic E-state index is 11.1.